The number of hydrogen-bond donors (Lipinski definition) is 2. The molecule has 146 valence electrons. The van der Waals surface area contributed by atoms with Crippen LogP contribution in [-0.4, -0.2) is 15.9 Å². The van der Waals surface area contributed by atoms with Crippen LogP contribution in [0.15, 0.2) is 63.8 Å². The Kier molecular flexibility index (Phi) is 6.53. The fraction of sp³-hybridized carbons (Fsp3) is 0.158. The molecular formula is C19H14Cl4N2O3. The van der Waals surface area contributed by atoms with Gasteiger partial charge in [-0.15, -0.1) is 0 Å². The van der Waals surface area contributed by atoms with Crippen LogP contribution >= 0.6 is 46.4 Å². The van der Waals surface area contributed by atoms with Crippen LogP contribution in [0.1, 0.15) is 15.9 Å². The maximum absolute atomic E-state index is 12.6. The maximum atomic E-state index is 12.6. The number of benzene rings is 2. The van der Waals surface area contributed by atoms with Gasteiger partial charge in [-0.05, 0) is 29.8 Å². The summed E-state index contributed by atoms with van der Waals surface area (Å²) in [5.41, 5.74) is 0.272. The van der Waals surface area contributed by atoms with Gasteiger partial charge in [-0.25, -0.2) is 4.79 Å². The molecule has 1 unspecified atom stereocenters. The predicted octanol–water partition coefficient (Wildman–Crippen LogP) is 4.66. The van der Waals surface area contributed by atoms with E-state index in [9.17, 15) is 9.59 Å². The summed E-state index contributed by atoms with van der Waals surface area (Å²) in [7, 11) is 0. The minimum absolute atomic E-state index is 0.189. The first-order valence-corrected chi connectivity index (χ1v) is 9.63. The first kappa shape index (κ1) is 21.0. The van der Waals surface area contributed by atoms with Gasteiger partial charge in [-0.1, -0.05) is 76.7 Å². The molecule has 3 rings (SSSR count). The van der Waals surface area contributed by atoms with Gasteiger partial charge in [0.25, 0.3) is 5.91 Å². The Hall–Kier alpha value is -1.76. The molecule has 0 saturated carbocycles. The summed E-state index contributed by atoms with van der Waals surface area (Å²) in [5, 5.41) is 6.68. The molecule has 0 radical (unpaired) electrons. The summed E-state index contributed by atoms with van der Waals surface area (Å²) in [6, 6.07) is 15.3. The van der Waals surface area contributed by atoms with E-state index in [1.54, 1.807) is 48.5 Å². The van der Waals surface area contributed by atoms with E-state index in [1.165, 1.54) is 6.07 Å². The molecule has 0 aliphatic carbocycles. The number of fused-ring (bicyclic) bond motifs is 1. The summed E-state index contributed by atoms with van der Waals surface area (Å²) >= 11 is 23.8. The third-order valence-electron chi connectivity index (χ3n) is 3.91. The number of carbonyl (C=O) groups excluding carboxylic acids is 1. The first-order valence-electron chi connectivity index (χ1n) is 8.12. The Morgan fingerprint density at radius 1 is 1.07 bits per heavy atom. The van der Waals surface area contributed by atoms with Gasteiger partial charge >= 0.3 is 5.63 Å². The van der Waals surface area contributed by atoms with E-state index in [1.807, 2.05) is 0 Å². The maximum Gasteiger partial charge on any atom is 0.349 e. The molecule has 9 heteroatoms. The second kappa shape index (κ2) is 8.72. The fourth-order valence-corrected chi connectivity index (χ4v) is 3.02. The molecule has 1 atom stereocenters. The molecule has 2 aromatic carbocycles. The topological polar surface area (TPSA) is 71.3 Å². The molecule has 0 saturated heterocycles. The lowest BCUT2D eigenvalue weighted by atomic mass is 10.2. The van der Waals surface area contributed by atoms with Crippen LogP contribution in [0.5, 0.6) is 0 Å². The van der Waals surface area contributed by atoms with Crippen LogP contribution in [0.3, 0.4) is 0 Å². The molecule has 1 amide bonds. The summed E-state index contributed by atoms with van der Waals surface area (Å²) < 4.78 is 3.31. The molecule has 2 N–H and O–H groups in total. The highest BCUT2D eigenvalue weighted by molar-refractivity contribution is 6.68. The van der Waals surface area contributed by atoms with E-state index in [-0.39, 0.29) is 5.56 Å². The predicted molar refractivity (Wildman–Crippen MR) is 112 cm³/mol. The Morgan fingerprint density at radius 3 is 2.43 bits per heavy atom. The second-order valence-electron chi connectivity index (χ2n) is 5.94. The van der Waals surface area contributed by atoms with Gasteiger partial charge in [0.15, 0.2) is 0 Å². The number of alkyl halides is 3. The van der Waals surface area contributed by atoms with Gasteiger partial charge in [0.05, 0.1) is 0 Å². The largest absolute Gasteiger partial charge is 0.422 e. The van der Waals surface area contributed by atoms with Crippen molar-refractivity contribution in [2.45, 2.75) is 16.5 Å². The van der Waals surface area contributed by atoms with E-state index in [0.717, 1.165) is 5.56 Å². The van der Waals surface area contributed by atoms with Crippen molar-refractivity contribution in [2.24, 2.45) is 0 Å². The van der Waals surface area contributed by atoms with Crippen molar-refractivity contribution < 1.29 is 9.21 Å². The molecule has 1 aromatic heterocycles. The second-order valence-corrected chi connectivity index (χ2v) is 8.75. The zero-order valence-electron chi connectivity index (χ0n) is 14.2. The Balaban J connectivity index is 1.79. The lowest BCUT2D eigenvalue weighted by Gasteiger charge is -2.26. The summed E-state index contributed by atoms with van der Waals surface area (Å²) in [6.07, 6.45) is -1.06. The van der Waals surface area contributed by atoms with E-state index in [2.05, 4.69) is 10.6 Å². The van der Waals surface area contributed by atoms with Crippen molar-refractivity contribution >= 4 is 63.3 Å². The van der Waals surface area contributed by atoms with E-state index in [4.69, 9.17) is 50.8 Å². The molecule has 0 fully saturated rings. The number of para-hydroxylation sites is 1. The van der Waals surface area contributed by atoms with E-state index in [0.29, 0.717) is 22.5 Å². The van der Waals surface area contributed by atoms with Crippen molar-refractivity contribution in [3.8, 4) is 0 Å². The quantitative estimate of drug-likeness (QED) is 0.330. The monoisotopic (exact) mass is 458 g/mol. The zero-order valence-corrected chi connectivity index (χ0v) is 17.2. The van der Waals surface area contributed by atoms with Crippen LogP contribution in [0.2, 0.25) is 5.02 Å². The average Bonchev–Trinajstić information content (AvgIpc) is 2.64. The first-order chi connectivity index (χ1) is 13.2. The van der Waals surface area contributed by atoms with Crippen molar-refractivity contribution in [3.63, 3.8) is 0 Å². The summed E-state index contributed by atoms with van der Waals surface area (Å²) in [5.74, 6) is -0.723. The molecule has 1 heterocycles. The van der Waals surface area contributed by atoms with Gasteiger partial charge in [-0.3, -0.25) is 10.1 Å². The lowest BCUT2D eigenvalue weighted by Crippen LogP contribution is -2.53. The smallest absolute Gasteiger partial charge is 0.349 e. The summed E-state index contributed by atoms with van der Waals surface area (Å²) in [6.45, 7) is 0.294. The molecule has 3 aromatic rings. The van der Waals surface area contributed by atoms with Crippen molar-refractivity contribution in [1.29, 1.82) is 0 Å². The van der Waals surface area contributed by atoms with E-state index >= 15 is 0 Å². The number of hydrogen-bond acceptors (Lipinski definition) is 4. The molecule has 5 nitrogen and oxygen atoms in total. The molecule has 0 spiro atoms. The van der Waals surface area contributed by atoms with Gasteiger partial charge in [0, 0.05) is 17.0 Å². The van der Waals surface area contributed by atoms with Crippen molar-refractivity contribution in [3.05, 3.63) is 81.2 Å². The molecule has 0 aliphatic rings. The van der Waals surface area contributed by atoms with Crippen molar-refractivity contribution in [2.75, 3.05) is 0 Å². The number of amides is 1. The van der Waals surface area contributed by atoms with Gasteiger partial charge < -0.3 is 9.73 Å². The van der Waals surface area contributed by atoms with Gasteiger partial charge in [0.1, 0.15) is 17.3 Å². The van der Waals surface area contributed by atoms with Crippen LogP contribution in [-0.2, 0) is 6.54 Å². The van der Waals surface area contributed by atoms with Crippen LogP contribution in [0, 0.1) is 0 Å². The molecule has 28 heavy (non-hydrogen) atoms. The fourth-order valence-electron chi connectivity index (χ4n) is 2.50. The van der Waals surface area contributed by atoms with Crippen LogP contribution < -0.4 is 16.3 Å². The van der Waals surface area contributed by atoms with Crippen molar-refractivity contribution in [1.82, 2.24) is 10.6 Å². The molecule has 0 bridgehead atoms. The Morgan fingerprint density at radius 2 is 1.75 bits per heavy atom. The third kappa shape index (κ3) is 5.19. The molecule has 0 aliphatic heterocycles. The zero-order chi connectivity index (χ0) is 20.3. The van der Waals surface area contributed by atoms with E-state index < -0.39 is 21.5 Å². The van der Waals surface area contributed by atoms with Gasteiger partial charge in [0.2, 0.25) is 3.79 Å². The Bertz CT molecular complexity index is 1050. The number of halogens is 4. The van der Waals surface area contributed by atoms with Gasteiger partial charge in [-0.2, -0.15) is 0 Å². The standard InChI is InChI=1S/C19H14Cl4N2O3/c20-13-7-5-11(6-8-13)10-24-18(19(21,22)23)25-16(26)14-9-12-3-1-2-4-15(12)28-17(14)27/h1-9,18,24H,10H2,(H,25,26). The molecular weight excluding hydrogens is 446 g/mol. The Labute approximate surface area is 180 Å². The minimum Gasteiger partial charge on any atom is -0.422 e. The lowest BCUT2D eigenvalue weighted by molar-refractivity contribution is 0.0925. The van der Waals surface area contributed by atoms with Crippen LogP contribution in [0.4, 0.5) is 0 Å². The average molecular weight is 460 g/mol. The SMILES string of the molecule is O=C(NC(NCc1ccc(Cl)cc1)C(Cl)(Cl)Cl)c1cc2ccccc2oc1=O. The highest BCUT2D eigenvalue weighted by atomic mass is 35.6. The summed E-state index contributed by atoms with van der Waals surface area (Å²) in [4.78, 5) is 24.8. The highest BCUT2D eigenvalue weighted by Crippen LogP contribution is 2.29. The number of rotatable bonds is 5. The number of carbonyl (C=O) groups is 1. The third-order valence-corrected chi connectivity index (χ3v) is 4.82. The minimum atomic E-state index is -1.86. The highest BCUT2D eigenvalue weighted by Gasteiger charge is 2.34. The number of nitrogens with one attached hydrogen (secondary N) is 2. The van der Waals surface area contributed by atoms with Crippen LogP contribution in [0.25, 0.3) is 11.0 Å². The normalized spacial score (nSPS) is 12.7.